The van der Waals surface area contributed by atoms with Crippen molar-refractivity contribution in [2.45, 2.75) is 12.8 Å². The minimum absolute atomic E-state index is 0.131. The van der Waals surface area contributed by atoms with Gasteiger partial charge < -0.3 is 4.74 Å². The van der Waals surface area contributed by atoms with Crippen molar-refractivity contribution in [3.63, 3.8) is 0 Å². The third-order valence-corrected chi connectivity index (χ3v) is 6.22. The van der Waals surface area contributed by atoms with Gasteiger partial charge in [-0.25, -0.2) is 4.98 Å². The molecule has 5 nitrogen and oxygen atoms in total. The lowest BCUT2D eigenvalue weighted by molar-refractivity contribution is 0.238. The predicted molar refractivity (Wildman–Crippen MR) is 129 cm³/mol. The molecule has 0 spiro atoms. The molecule has 0 aliphatic carbocycles. The maximum absolute atomic E-state index is 13.1. The molecule has 0 unspecified atom stereocenters. The molecule has 0 saturated carbocycles. The molecule has 32 heavy (non-hydrogen) atoms. The van der Waals surface area contributed by atoms with Crippen molar-refractivity contribution in [3.8, 4) is 22.6 Å². The quantitative estimate of drug-likeness (QED) is 0.410. The zero-order valence-electron chi connectivity index (χ0n) is 17.7. The first-order chi connectivity index (χ1) is 15.7. The highest BCUT2D eigenvalue weighted by atomic mass is 35.5. The molecule has 1 aliphatic rings. The van der Waals surface area contributed by atoms with E-state index in [4.69, 9.17) is 16.3 Å². The molecule has 1 saturated heterocycles. The average molecular weight is 446 g/mol. The van der Waals surface area contributed by atoms with Crippen LogP contribution in [0.4, 0.5) is 0 Å². The van der Waals surface area contributed by atoms with Crippen LogP contribution >= 0.6 is 11.6 Å². The number of rotatable bonds is 6. The highest BCUT2D eigenvalue weighted by Crippen LogP contribution is 2.27. The fourth-order valence-corrected chi connectivity index (χ4v) is 4.39. The van der Waals surface area contributed by atoms with Crippen LogP contribution < -0.4 is 10.3 Å². The number of nitrogens with zero attached hydrogens (tertiary/aromatic N) is 3. The fraction of sp³-hybridized carbons (Fsp3) is 0.231. The number of halogens is 1. The second-order valence-electron chi connectivity index (χ2n) is 8.03. The molecule has 1 aliphatic heterocycles. The van der Waals surface area contributed by atoms with Gasteiger partial charge in [0.15, 0.2) is 0 Å². The monoisotopic (exact) mass is 445 g/mol. The third kappa shape index (κ3) is 4.27. The van der Waals surface area contributed by atoms with Crippen LogP contribution in [0.15, 0.2) is 77.9 Å². The van der Waals surface area contributed by atoms with E-state index in [9.17, 15) is 4.79 Å². The van der Waals surface area contributed by atoms with Crippen LogP contribution in [0.1, 0.15) is 12.8 Å². The number of aromatic nitrogens is 2. The lowest BCUT2D eigenvalue weighted by Crippen LogP contribution is -2.25. The Hall–Kier alpha value is -3.15. The van der Waals surface area contributed by atoms with Gasteiger partial charge in [0.25, 0.3) is 5.56 Å². The molecule has 2 heterocycles. The number of likely N-dealkylation sites (tertiary alicyclic amines) is 1. The molecule has 5 rings (SSSR count). The van der Waals surface area contributed by atoms with E-state index < -0.39 is 0 Å². The molecular weight excluding hydrogens is 422 g/mol. The zero-order chi connectivity index (χ0) is 21.9. The van der Waals surface area contributed by atoms with Gasteiger partial charge in [0, 0.05) is 6.54 Å². The second-order valence-corrected chi connectivity index (χ2v) is 8.44. The fourth-order valence-electron chi connectivity index (χ4n) is 4.16. The molecule has 4 aromatic rings. The van der Waals surface area contributed by atoms with Gasteiger partial charge in [-0.15, -0.1) is 0 Å². The lowest BCUT2D eigenvalue weighted by atomic mass is 10.0. The number of ether oxygens (including phenoxy) is 1. The lowest BCUT2D eigenvalue weighted by Gasteiger charge is -2.16. The van der Waals surface area contributed by atoms with Crippen LogP contribution in [-0.2, 0) is 0 Å². The van der Waals surface area contributed by atoms with Gasteiger partial charge in [-0.3, -0.25) is 14.3 Å². The summed E-state index contributed by atoms with van der Waals surface area (Å²) < 4.78 is 7.39. The van der Waals surface area contributed by atoms with Crippen LogP contribution in [-0.4, -0.2) is 40.7 Å². The summed E-state index contributed by atoms with van der Waals surface area (Å²) in [6.07, 6.45) is 4.08. The Bertz CT molecular complexity index is 1300. The first-order valence-corrected chi connectivity index (χ1v) is 11.3. The van der Waals surface area contributed by atoms with Crippen molar-refractivity contribution in [1.82, 2.24) is 14.5 Å². The van der Waals surface area contributed by atoms with E-state index in [0.29, 0.717) is 34.0 Å². The van der Waals surface area contributed by atoms with E-state index in [1.165, 1.54) is 17.4 Å². The molecule has 0 radical (unpaired) electrons. The predicted octanol–water partition coefficient (Wildman–Crippen LogP) is 5.18. The Morgan fingerprint density at radius 3 is 2.53 bits per heavy atom. The summed E-state index contributed by atoms with van der Waals surface area (Å²) in [5, 5.41) is 1.05. The van der Waals surface area contributed by atoms with E-state index in [2.05, 4.69) is 9.88 Å². The minimum atomic E-state index is -0.131. The van der Waals surface area contributed by atoms with Crippen molar-refractivity contribution in [2.75, 3.05) is 26.2 Å². The largest absolute Gasteiger partial charge is 0.491 e. The Morgan fingerprint density at radius 1 is 0.938 bits per heavy atom. The first kappa shape index (κ1) is 20.7. The van der Waals surface area contributed by atoms with Crippen molar-refractivity contribution in [1.29, 1.82) is 0 Å². The van der Waals surface area contributed by atoms with Crippen LogP contribution in [0, 0.1) is 0 Å². The summed E-state index contributed by atoms with van der Waals surface area (Å²) in [5.74, 6) is 0.629. The summed E-state index contributed by atoms with van der Waals surface area (Å²) in [5.41, 5.74) is 3.32. The van der Waals surface area contributed by atoms with E-state index in [1.54, 1.807) is 12.4 Å². The zero-order valence-corrected chi connectivity index (χ0v) is 18.5. The van der Waals surface area contributed by atoms with Gasteiger partial charge in [-0.2, -0.15) is 0 Å². The maximum Gasteiger partial charge on any atom is 0.265 e. The highest BCUT2D eigenvalue weighted by Gasteiger charge is 2.13. The third-order valence-electron chi connectivity index (χ3n) is 5.92. The molecule has 1 aromatic heterocycles. The number of hydrogen-bond donors (Lipinski definition) is 0. The summed E-state index contributed by atoms with van der Waals surface area (Å²) in [4.78, 5) is 20.1. The smallest absolute Gasteiger partial charge is 0.265 e. The van der Waals surface area contributed by atoms with Crippen molar-refractivity contribution < 1.29 is 4.74 Å². The molecule has 1 fully saturated rings. The Balaban J connectivity index is 1.38. The van der Waals surface area contributed by atoms with Gasteiger partial charge >= 0.3 is 0 Å². The van der Waals surface area contributed by atoms with Crippen molar-refractivity contribution >= 4 is 22.5 Å². The van der Waals surface area contributed by atoms with Gasteiger partial charge in [-0.05, 0) is 67.4 Å². The van der Waals surface area contributed by atoms with E-state index in [-0.39, 0.29) is 5.56 Å². The number of benzene rings is 3. The van der Waals surface area contributed by atoms with Crippen molar-refractivity contribution in [3.05, 3.63) is 88.4 Å². The number of fused-ring (bicyclic) bond motifs is 1. The SMILES string of the molecule is O=c1c2ccc(-c3ccccc3)cc2ncn1-c1ccc(OCCN2CCCC2)c(Cl)c1. The van der Waals surface area contributed by atoms with Gasteiger partial charge in [0.05, 0.1) is 21.6 Å². The summed E-state index contributed by atoms with van der Waals surface area (Å²) in [6, 6.07) is 21.2. The molecule has 6 heteroatoms. The molecule has 162 valence electrons. The molecule has 3 aromatic carbocycles. The van der Waals surface area contributed by atoms with Gasteiger partial charge in [0.1, 0.15) is 18.7 Å². The second kappa shape index (κ2) is 9.15. The van der Waals surface area contributed by atoms with Gasteiger partial charge in [0.2, 0.25) is 0 Å². The molecule has 0 amide bonds. The number of hydrogen-bond acceptors (Lipinski definition) is 4. The average Bonchev–Trinajstić information content (AvgIpc) is 3.34. The Kier molecular flexibility index (Phi) is 5.93. The summed E-state index contributed by atoms with van der Waals surface area (Å²) in [6.45, 7) is 3.78. The van der Waals surface area contributed by atoms with E-state index >= 15 is 0 Å². The maximum atomic E-state index is 13.1. The van der Waals surface area contributed by atoms with Crippen LogP contribution in [0.2, 0.25) is 5.02 Å². The molecule has 0 N–H and O–H groups in total. The highest BCUT2D eigenvalue weighted by molar-refractivity contribution is 6.32. The normalized spacial score (nSPS) is 14.2. The van der Waals surface area contributed by atoms with Crippen LogP contribution in [0.3, 0.4) is 0 Å². The van der Waals surface area contributed by atoms with Crippen LogP contribution in [0.25, 0.3) is 27.7 Å². The Labute approximate surface area is 191 Å². The summed E-state index contributed by atoms with van der Waals surface area (Å²) in [7, 11) is 0. The minimum Gasteiger partial charge on any atom is -0.491 e. The van der Waals surface area contributed by atoms with E-state index in [1.807, 2.05) is 60.7 Å². The topological polar surface area (TPSA) is 47.4 Å². The molecule has 0 bridgehead atoms. The summed E-state index contributed by atoms with van der Waals surface area (Å²) >= 11 is 6.46. The Morgan fingerprint density at radius 2 is 1.75 bits per heavy atom. The van der Waals surface area contributed by atoms with Crippen molar-refractivity contribution in [2.24, 2.45) is 0 Å². The first-order valence-electron chi connectivity index (χ1n) is 10.9. The molecule has 0 atom stereocenters. The van der Waals surface area contributed by atoms with Crippen LogP contribution in [0.5, 0.6) is 5.75 Å². The van der Waals surface area contributed by atoms with E-state index in [0.717, 1.165) is 30.8 Å². The van der Waals surface area contributed by atoms with Gasteiger partial charge in [-0.1, -0.05) is 48.0 Å². The molecular formula is C26H24ClN3O2. The standard InChI is InChI=1S/C26H24ClN3O2/c27-23-17-21(9-11-25(23)32-15-14-29-12-4-5-13-29)30-18-28-24-16-20(8-10-22(24)26(30)31)19-6-2-1-3-7-19/h1-3,6-11,16-18H,4-5,12-15H2.